The van der Waals surface area contributed by atoms with E-state index in [1.165, 1.54) is 12.4 Å². The van der Waals surface area contributed by atoms with Crippen LogP contribution in [-0.4, -0.2) is 19.2 Å². The van der Waals surface area contributed by atoms with Crippen molar-refractivity contribution in [1.29, 1.82) is 5.41 Å². The number of halogens is 1. The van der Waals surface area contributed by atoms with E-state index < -0.39 is 6.04 Å². The van der Waals surface area contributed by atoms with Crippen LogP contribution >= 0.6 is 11.6 Å². The Morgan fingerprint density at radius 2 is 1.79 bits per heavy atom. The Morgan fingerprint density at radius 3 is 2.29 bits per heavy atom. The molecule has 0 saturated carbocycles. The highest BCUT2D eigenvalue weighted by Crippen LogP contribution is 2.20. The smallest absolute Gasteiger partial charge is 0.246 e. The highest BCUT2D eigenvalue weighted by molar-refractivity contribution is 6.30. The number of nitrogens with one attached hydrogen (secondary N) is 3. The van der Waals surface area contributed by atoms with E-state index in [1.807, 2.05) is 12.1 Å². The third-order valence-electron chi connectivity index (χ3n) is 3.58. The molecule has 6 heteroatoms. The molecule has 1 atom stereocenters. The molecule has 24 heavy (non-hydrogen) atoms. The van der Waals surface area contributed by atoms with E-state index in [0.717, 1.165) is 11.1 Å². The largest absolute Gasteiger partial charge is 0.404 e. The molecule has 0 bridgehead atoms. The van der Waals surface area contributed by atoms with Crippen LogP contribution in [0.15, 0.2) is 54.7 Å². The van der Waals surface area contributed by atoms with Crippen molar-refractivity contribution < 1.29 is 4.79 Å². The lowest BCUT2D eigenvalue weighted by atomic mass is 10.1. The zero-order valence-electron chi connectivity index (χ0n) is 13.2. The van der Waals surface area contributed by atoms with Crippen LogP contribution in [0, 0.1) is 5.41 Å². The summed E-state index contributed by atoms with van der Waals surface area (Å²) in [5.41, 5.74) is 8.39. The minimum absolute atomic E-state index is 0.172. The molecular formula is C18H19ClN4O. The van der Waals surface area contributed by atoms with Crippen LogP contribution < -0.4 is 16.4 Å². The van der Waals surface area contributed by atoms with Gasteiger partial charge < -0.3 is 21.8 Å². The van der Waals surface area contributed by atoms with Crippen LogP contribution in [0.3, 0.4) is 0 Å². The Kier molecular flexibility index (Phi) is 6.12. The van der Waals surface area contributed by atoms with Gasteiger partial charge in [-0.3, -0.25) is 4.79 Å². The lowest BCUT2D eigenvalue weighted by Gasteiger charge is -2.17. The van der Waals surface area contributed by atoms with Gasteiger partial charge in [0.15, 0.2) is 0 Å². The second-order valence-electron chi connectivity index (χ2n) is 5.11. The molecule has 0 saturated heterocycles. The summed E-state index contributed by atoms with van der Waals surface area (Å²) in [7, 11) is 1.73. The molecule has 0 spiro atoms. The van der Waals surface area contributed by atoms with E-state index in [9.17, 15) is 4.79 Å². The maximum Gasteiger partial charge on any atom is 0.246 e. The molecule has 2 aromatic carbocycles. The van der Waals surface area contributed by atoms with Gasteiger partial charge in [-0.25, -0.2) is 0 Å². The molecule has 5 nitrogen and oxygen atoms in total. The Bertz CT molecular complexity index is 739. The second kappa shape index (κ2) is 8.29. The molecule has 1 amide bonds. The molecule has 0 radical (unpaired) electrons. The first kappa shape index (κ1) is 17.7. The van der Waals surface area contributed by atoms with Crippen molar-refractivity contribution in [3.63, 3.8) is 0 Å². The molecule has 0 fully saturated rings. The van der Waals surface area contributed by atoms with Crippen molar-refractivity contribution in [2.24, 2.45) is 5.73 Å². The quantitative estimate of drug-likeness (QED) is 0.607. The van der Waals surface area contributed by atoms with Gasteiger partial charge in [-0.1, -0.05) is 35.9 Å². The van der Waals surface area contributed by atoms with Crippen LogP contribution in [-0.2, 0) is 4.79 Å². The highest BCUT2D eigenvalue weighted by Gasteiger charge is 2.18. The highest BCUT2D eigenvalue weighted by atomic mass is 35.5. The number of nitrogens with two attached hydrogens (primary N) is 1. The van der Waals surface area contributed by atoms with Crippen molar-refractivity contribution >= 4 is 35.0 Å². The van der Waals surface area contributed by atoms with Gasteiger partial charge in [0.1, 0.15) is 6.04 Å². The summed E-state index contributed by atoms with van der Waals surface area (Å²) in [6, 6.07) is 13.8. The molecule has 5 N–H and O–H groups in total. The molecule has 0 heterocycles. The molecule has 1 unspecified atom stereocenters. The van der Waals surface area contributed by atoms with E-state index in [4.69, 9.17) is 22.7 Å². The predicted octanol–water partition coefficient (Wildman–Crippen LogP) is 3.19. The van der Waals surface area contributed by atoms with Crippen molar-refractivity contribution in [3.05, 3.63) is 70.9 Å². The summed E-state index contributed by atoms with van der Waals surface area (Å²) in [5, 5.41) is 13.8. The molecule has 124 valence electrons. The number of rotatable bonds is 6. The SMILES string of the molecule is CNC(C(=O)Nc1ccc(/C(C=N)=C/N)cc1)c1ccc(Cl)cc1. The number of hydrogen-bond acceptors (Lipinski definition) is 4. The number of carbonyl (C=O) groups is 1. The average Bonchev–Trinajstić information content (AvgIpc) is 2.60. The first-order valence-electron chi connectivity index (χ1n) is 7.35. The molecule has 0 aliphatic heterocycles. The molecule has 0 aliphatic carbocycles. The fraction of sp³-hybridized carbons (Fsp3) is 0.111. The zero-order chi connectivity index (χ0) is 17.5. The standard InChI is InChI=1S/C18H19ClN4O/c1-22-17(13-2-6-15(19)7-3-13)18(24)23-16-8-4-12(5-9-16)14(10-20)11-21/h2-11,17,20,22H,21H2,1H3,(H,23,24)/b14-11+,20-10?. The Labute approximate surface area is 146 Å². The maximum absolute atomic E-state index is 12.5. The summed E-state index contributed by atoms with van der Waals surface area (Å²) in [5.74, 6) is -0.172. The fourth-order valence-corrected chi connectivity index (χ4v) is 2.42. The van der Waals surface area contributed by atoms with Gasteiger partial charge in [-0.05, 0) is 42.4 Å². The molecule has 0 aliphatic rings. The number of anilines is 1. The van der Waals surface area contributed by atoms with Gasteiger partial charge in [-0.2, -0.15) is 0 Å². The number of hydrogen-bond donors (Lipinski definition) is 4. The van der Waals surface area contributed by atoms with Gasteiger partial charge in [-0.15, -0.1) is 0 Å². The zero-order valence-corrected chi connectivity index (χ0v) is 14.0. The van der Waals surface area contributed by atoms with Gasteiger partial charge >= 0.3 is 0 Å². The average molecular weight is 343 g/mol. The molecule has 2 rings (SSSR count). The summed E-state index contributed by atoms with van der Waals surface area (Å²) < 4.78 is 0. The predicted molar refractivity (Wildman–Crippen MR) is 99.3 cm³/mol. The minimum atomic E-state index is -0.483. The fourth-order valence-electron chi connectivity index (χ4n) is 2.29. The summed E-state index contributed by atoms with van der Waals surface area (Å²) in [6.45, 7) is 0. The van der Waals surface area contributed by atoms with Crippen LogP contribution in [0.1, 0.15) is 17.2 Å². The monoisotopic (exact) mass is 342 g/mol. The van der Waals surface area contributed by atoms with Crippen LogP contribution in [0.4, 0.5) is 5.69 Å². The van der Waals surface area contributed by atoms with Crippen LogP contribution in [0.25, 0.3) is 5.57 Å². The third-order valence-corrected chi connectivity index (χ3v) is 3.83. The van der Waals surface area contributed by atoms with Gasteiger partial charge in [0, 0.05) is 28.7 Å². The Hall–Kier alpha value is -2.63. The number of benzene rings is 2. The van der Waals surface area contributed by atoms with E-state index in [0.29, 0.717) is 16.3 Å². The molecular weight excluding hydrogens is 324 g/mol. The second-order valence-corrected chi connectivity index (χ2v) is 5.54. The van der Waals surface area contributed by atoms with E-state index in [2.05, 4.69) is 10.6 Å². The lowest BCUT2D eigenvalue weighted by molar-refractivity contribution is -0.118. The van der Waals surface area contributed by atoms with Gasteiger partial charge in [0.05, 0.1) is 0 Å². The van der Waals surface area contributed by atoms with Crippen LogP contribution in [0.2, 0.25) is 5.02 Å². The Morgan fingerprint density at radius 1 is 1.17 bits per heavy atom. The van der Waals surface area contributed by atoms with Crippen molar-refractivity contribution in [1.82, 2.24) is 5.32 Å². The summed E-state index contributed by atoms with van der Waals surface area (Å²) in [6.07, 6.45) is 2.56. The Balaban J connectivity index is 2.12. The maximum atomic E-state index is 12.5. The minimum Gasteiger partial charge on any atom is -0.404 e. The lowest BCUT2D eigenvalue weighted by Crippen LogP contribution is -2.30. The van der Waals surface area contributed by atoms with Crippen LogP contribution in [0.5, 0.6) is 0 Å². The third kappa shape index (κ3) is 4.22. The number of likely N-dealkylation sites (N-methyl/N-ethyl adjacent to an activating group) is 1. The number of carbonyl (C=O) groups excluding carboxylic acids is 1. The number of amides is 1. The van der Waals surface area contributed by atoms with Crippen molar-refractivity contribution in [3.8, 4) is 0 Å². The molecule has 0 aromatic heterocycles. The normalized spacial score (nSPS) is 12.5. The van der Waals surface area contributed by atoms with E-state index in [-0.39, 0.29) is 5.91 Å². The van der Waals surface area contributed by atoms with Gasteiger partial charge in [0.2, 0.25) is 5.91 Å². The first-order valence-corrected chi connectivity index (χ1v) is 7.73. The topological polar surface area (TPSA) is 91.0 Å². The summed E-state index contributed by atoms with van der Waals surface area (Å²) in [4.78, 5) is 12.5. The van der Waals surface area contributed by atoms with E-state index >= 15 is 0 Å². The van der Waals surface area contributed by atoms with Gasteiger partial charge in [0.25, 0.3) is 0 Å². The number of allylic oxidation sites excluding steroid dienone is 1. The molecule has 2 aromatic rings. The van der Waals surface area contributed by atoms with Crippen molar-refractivity contribution in [2.75, 3.05) is 12.4 Å². The van der Waals surface area contributed by atoms with E-state index in [1.54, 1.807) is 43.4 Å². The van der Waals surface area contributed by atoms with Crippen molar-refractivity contribution in [2.45, 2.75) is 6.04 Å². The summed E-state index contributed by atoms with van der Waals surface area (Å²) >= 11 is 5.88. The first-order chi connectivity index (χ1) is 11.6.